The molecule has 0 aliphatic carbocycles. The van der Waals surface area contributed by atoms with Gasteiger partial charge in [0.15, 0.2) is 5.69 Å². The fourth-order valence-electron chi connectivity index (χ4n) is 1.71. The molecule has 1 heterocycles. The molecule has 19 heavy (non-hydrogen) atoms. The summed E-state index contributed by atoms with van der Waals surface area (Å²) >= 11 is 0. The van der Waals surface area contributed by atoms with Crippen molar-refractivity contribution in [2.75, 3.05) is 0 Å². The van der Waals surface area contributed by atoms with E-state index in [-0.39, 0.29) is 12.3 Å². The summed E-state index contributed by atoms with van der Waals surface area (Å²) in [6, 6.07) is 5.88. The van der Waals surface area contributed by atoms with Crippen molar-refractivity contribution in [1.29, 1.82) is 0 Å². The lowest BCUT2D eigenvalue weighted by atomic mass is 10.1. The summed E-state index contributed by atoms with van der Waals surface area (Å²) in [6.07, 6.45) is 0. The van der Waals surface area contributed by atoms with Crippen LogP contribution in [0, 0.1) is 13.8 Å². The second-order valence-electron chi connectivity index (χ2n) is 4.37. The van der Waals surface area contributed by atoms with E-state index in [1.807, 2.05) is 32.0 Å². The summed E-state index contributed by atoms with van der Waals surface area (Å²) in [5.74, 6) is -0.370. The first-order valence-corrected chi connectivity index (χ1v) is 5.81. The maximum absolute atomic E-state index is 11.0. The van der Waals surface area contributed by atoms with Crippen molar-refractivity contribution in [3.05, 3.63) is 40.7 Å². The van der Waals surface area contributed by atoms with Crippen molar-refractivity contribution in [2.45, 2.75) is 20.5 Å². The quantitative estimate of drug-likeness (QED) is 0.906. The average molecular weight is 261 g/mol. The first-order valence-electron chi connectivity index (χ1n) is 5.81. The number of hydrogen-bond donors (Lipinski definition) is 1. The number of carbonyl (C=O) groups is 1. The van der Waals surface area contributed by atoms with E-state index in [1.165, 1.54) is 4.68 Å². The van der Waals surface area contributed by atoms with Crippen molar-refractivity contribution < 1.29 is 14.6 Å². The highest BCUT2D eigenvalue weighted by molar-refractivity contribution is 5.86. The third-order valence-corrected chi connectivity index (χ3v) is 2.85. The van der Waals surface area contributed by atoms with Gasteiger partial charge in [-0.25, -0.2) is 9.48 Å². The lowest BCUT2D eigenvalue weighted by molar-refractivity contribution is 0.0687. The van der Waals surface area contributed by atoms with Crippen LogP contribution in [0.15, 0.2) is 18.2 Å². The normalized spacial score (nSPS) is 10.5. The van der Waals surface area contributed by atoms with E-state index in [0.29, 0.717) is 5.69 Å². The Balaban J connectivity index is 2.21. The number of carboxylic acid groups (broad SMARTS) is 1. The van der Waals surface area contributed by atoms with Crippen molar-refractivity contribution in [3.63, 3.8) is 0 Å². The zero-order valence-electron chi connectivity index (χ0n) is 11.0. The van der Waals surface area contributed by atoms with E-state index in [9.17, 15) is 4.79 Å². The number of ether oxygens (including phenoxy) is 1. The molecule has 1 N–H and O–H groups in total. The molecule has 0 fully saturated rings. The van der Waals surface area contributed by atoms with Crippen LogP contribution in [0.1, 0.15) is 27.3 Å². The van der Waals surface area contributed by atoms with Crippen LogP contribution < -0.4 is 4.74 Å². The molecule has 0 unspecified atom stereocenters. The summed E-state index contributed by atoms with van der Waals surface area (Å²) in [7, 11) is 1.64. The molecule has 0 amide bonds. The molecular formula is C13H15N3O3. The molecule has 1 aromatic heterocycles. The van der Waals surface area contributed by atoms with Gasteiger partial charge < -0.3 is 9.84 Å². The first kappa shape index (κ1) is 13.1. The predicted molar refractivity (Wildman–Crippen MR) is 68.2 cm³/mol. The first-order chi connectivity index (χ1) is 8.99. The SMILES string of the molecule is Cc1ccc(C)c(OCc2c(C(=O)O)nnn2C)c1. The molecule has 2 aromatic rings. The Labute approximate surface area is 110 Å². The molecule has 0 saturated carbocycles. The van der Waals surface area contributed by atoms with E-state index in [1.54, 1.807) is 7.05 Å². The molecule has 0 aliphatic heterocycles. The lowest BCUT2D eigenvalue weighted by Gasteiger charge is -2.10. The van der Waals surface area contributed by atoms with E-state index < -0.39 is 5.97 Å². The molecule has 100 valence electrons. The minimum Gasteiger partial charge on any atom is -0.487 e. The summed E-state index contributed by atoms with van der Waals surface area (Å²) in [6.45, 7) is 4.03. The number of hydrogen-bond acceptors (Lipinski definition) is 4. The largest absolute Gasteiger partial charge is 0.487 e. The molecule has 0 spiro atoms. The van der Waals surface area contributed by atoms with E-state index in [4.69, 9.17) is 9.84 Å². The van der Waals surface area contributed by atoms with Crippen LogP contribution in [0.25, 0.3) is 0 Å². The molecular weight excluding hydrogens is 246 g/mol. The predicted octanol–water partition coefficient (Wildman–Crippen LogP) is 1.71. The standard InChI is InChI=1S/C13H15N3O3/c1-8-4-5-9(2)11(6-8)19-7-10-12(13(17)18)14-15-16(10)3/h4-6H,7H2,1-3H3,(H,17,18). The zero-order chi connectivity index (χ0) is 14.0. The third-order valence-electron chi connectivity index (χ3n) is 2.85. The Bertz CT molecular complexity index is 620. The van der Waals surface area contributed by atoms with Gasteiger partial charge in [0.05, 0.1) is 0 Å². The molecule has 6 nitrogen and oxygen atoms in total. The van der Waals surface area contributed by atoms with Gasteiger partial charge in [0, 0.05) is 7.05 Å². The maximum Gasteiger partial charge on any atom is 0.358 e. The molecule has 0 radical (unpaired) electrons. The molecule has 0 aliphatic rings. The fourth-order valence-corrected chi connectivity index (χ4v) is 1.71. The molecule has 2 rings (SSSR count). The summed E-state index contributed by atoms with van der Waals surface area (Å²) < 4.78 is 7.08. The lowest BCUT2D eigenvalue weighted by Crippen LogP contribution is -2.09. The van der Waals surface area contributed by atoms with Crippen LogP contribution in [0.4, 0.5) is 0 Å². The second kappa shape index (κ2) is 5.09. The fraction of sp³-hybridized carbons (Fsp3) is 0.308. The zero-order valence-corrected chi connectivity index (χ0v) is 11.0. The van der Waals surface area contributed by atoms with E-state index in [2.05, 4.69) is 10.3 Å². The Kier molecular flexibility index (Phi) is 3.50. The number of aryl methyl sites for hydroxylation is 3. The number of nitrogens with zero attached hydrogens (tertiary/aromatic N) is 3. The van der Waals surface area contributed by atoms with Crippen molar-refractivity contribution in [2.24, 2.45) is 7.05 Å². The maximum atomic E-state index is 11.0. The summed E-state index contributed by atoms with van der Waals surface area (Å²) in [5.41, 5.74) is 2.45. The molecule has 6 heteroatoms. The molecule has 0 bridgehead atoms. The van der Waals surface area contributed by atoms with E-state index in [0.717, 1.165) is 16.9 Å². The molecule has 0 saturated heterocycles. The van der Waals surface area contributed by atoms with Gasteiger partial charge in [-0.05, 0) is 31.0 Å². The highest BCUT2D eigenvalue weighted by Gasteiger charge is 2.18. The number of rotatable bonds is 4. The van der Waals surface area contributed by atoms with Gasteiger partial charge in [-0.2, -0.15) is 0 Å². The molecule has 1 aromatic carbocycles. The smallest absolute Gasteiger partial charge is 0.358 e. The summed E-state index contributed by atoms with van der Waals surface area (Å²) in [4.78, 5) is 11.0. The Morgan fingerprint density at radius 2 is 2.16 bits per heavy atom. The van der Waals surface area contributed by atoms with Crippen LogP contribution in [-0.2, 0) is 13.7 Å². The van der Waals surface area contributed by atoms with Gasteiger partial charge in [0.1, 0.15) is 18.1 Å². The van der Waals surface area contributed by atoms with Crippen molar-refractivity contribution >= 4 is 5.97 Å². The van der Waals surface area contributed by atoms with Crippen molar-refractivity contribution in [1.82, 2.24) is 15.0 Å². The highest BCUT2D eigenvalue weighted by atomic mass is 16.5. The van der Waals surface area contributed by atoms with Crippen LogP contribution in [-0.4, -0.2) is 26.1 Å². The second-order valence-corrected chi connectivity index (χ2v) is 4.37. The number of carboxylic acids is 1. The topological polar surface area (TPSA) is 77.2 Å². The Morgan fingerprint density at radius 1 is 1.42 bits per heavy atom. The number of benzene rings is 1. The van der Waals surface area contributed by atoms with Gasteiger partial charge in [-0.15, -0.1) is 5.10 Å². The van der Waals surface area contributed by atoms with Gasteiger partial charge >= 0.3 is 5.97 Å². The van der Waals surface area contributed by atoms with Crippen LogP contribution >= 0.6 is 0 Å². The average Bonchev–Trinajstić information content (AvgIpc) is 2.72. The third kappa shape index (κ3) is 2.73. The monoisotopic (exact) mass is 261 g/mol. The van der Waals surface area contributed by atoms with Crippen LogP contribution in [0.3, 0.4) is 0 Å². The number of aromatic carboxylic acids is 1. The van der Waals surface area contributed by atoms with Crippen LogP contribution in [0.2, 0.25) is 0 Å². The van der Waals surface area contributed by atoms with Crippen molar-refractivity contribution in [3.8, 4) is 5.75 Å². The van der Waals surface area contributed by atoms with Gasteiger partial charge in [0.25, 0.3) is 0 Å². The van der Waals surface area contributed by atoms with Gasteiger partial charge in [-0.1, -0.05) is 17.3 Å². The highest BCUT2D eigenvalue weighted by Crippen LogP contribution is 2.20. The molecule has 0 atom stereocenters. The Hall–Kier alpha value is -2.37. The van der Waals surface area contributed by atoms with Gasteiger partial charge in [-0.3, -0.25) is 0 Å². The van der Waals surface area contributed by atoms with Crippen LogP contribution in [0.5, 0.6) is 5.75 Å². The van der Waals surface area contributed by atoms with E-state index >= 15 is 0 Å². The Morgan fingerprint density at radius 3 is 2.84 bits per heavy atom. The minimum absolute atomic E-state index is 0.0761. The minimum atomic E-state index is -1.10. The van der Waals surface area contributed by atoms with Gasteiger partial charge in [0.2, 0.25) is 0 Å². The summed E-state index contributed by atoms with van der Waals surface area (Å²) in [5, 5.41) is 16.3. The number of aromatic nitrogens is 3.